The normalized spacial score (nSPS) is 21.3. The number of methoxy groups -OCH3 is 1. The number of carbonyl (C=O) groups excluding carboxylic acids is 1. The topological polar surface area (TPSA) is 112 Å². The molecule has 0 aliphatic carbocycles. The zero-order valence-electron chi connectivity index (χ0n) is 22.6. The van der Waals surface area contributed by atoms with Gasteiger partial charge in [-0.2, -0.15) is 23.3 Å². The van der Waals surface area contributed by atoms with Crippen molar-refractivity contribution in [2.45, 2.75) is 64.5 Å². The number of carbonyl (C=O) groups is 1. The molecular weight excluding hydrogens is 524 g/mol. The van der Waals surface area contributed by atoms with Gasteiger partial charge in [0.2, 0.25) is 0 Å². The van der Waals surface area contributed by atoms with E-state index < -0.39 is 36.0 Å². The standard InChI is InChI=1S/C24H34F4N8O3/c1-14-11-35(15(2)10-34(14)7-6-8-38-5)22(37)36-12-16-18(23(36,3)4)32-33-19(16)30-20-17(25)9-29-21(31-20)39-13-24(26,27)28/h9,14-15H,6-8,10-13H2,1-5H3,(H2,29,30,31,32,33)/t14-,15+/m1/s1. The molecule has 2 amide bonds. The summed E-state index contributed by atoms with van der Waals surface area (Å²) in [6.45, 7) is 9.39. The number of amides is 2. The maximum atomic E-state index is 14.4. The van der Waals surface area contributed by atoms with Crippen LogP contribution < -0.4 is 10.1 Å². The molecule has 2 aromatic heterocycles. The molecule has 0 bridgehead atoms. The van der Waals surface area contributed by atoms with E-state index in [1.807, 2.05) is 25.7 Å². The van der Waals surface area contributed by atoms with Crippen LogP contribution in [0.25, 0.3) is 0 Å². The van der Waals surface area contributed by atoms with Crippen LogP contribution in [0.5, 0.6) is 6.01 Å². The van der Waals surface area contributed by atoms with Crippen LogP contribution in [0.15, 0.2) is 6.20 Å². The summed E-state index contributed by atoms with van der Waals surface area (Å²) < 4.78 is 61.6. The van der Waals surface area contributed by atoms with Crippen molar-refractivity contribution in [3.05, 3.63) is 23.3 Å². The highest BCUT2D eigenvalue weighted by atomic mass is 19.4. The summed E-state index contributed by atoms with van der Waals surface area (Å²) >= 11 is 0. The number of nitrogens with one attached hydrogen (secondary N) is 2. The number of rotatable bonds is 8. The largest absolute Gasteiger partial charge is 0.454 e. The first-order valence-electron chi connectivity index (χ1n) is 12.7. The van der Waals surface area contributed by atoms with E-state index in [-0.39, 0.29) is 30.5 Å². The molecule has 0 saturated carbocycles. The molecule has 11 nitrogen and oxygen atoms in total. The zero-order valence-corrected chi connectivity index (χ0v) is 22.6. The van der Waals surface area contributed by atoms with Crippen molar-refractivity contribution < 1.29 is 31.8 Å². The first kappa shape index (κ1) is 28.8. The fourth-order valence-electron chi connectivity index (χ4n) is 5.04. The lowest BCUT2D eigenvalue weighted by Gasteiger charge is -2.46. The molecule has 1 saturated heterocycles. The molecule has 0 aromatic carbocycles. The van der Waals surface area contributed by atoms with Gasteiger partial charge in [-0.25, -0.2) is 14.2 Å². The van der Waals surface area contributed by atoms with Gasteiger partial charge in [-0.1, -0.05) is 0 Å². The van der Waals surface area contributed by atoms with Crippen molar-refractivity contribution >= 4 is 17.7 Å². The number of hydrogen-bond donors (Lipinski definition) is 2. The number of aromatic amines is 1. The van der Waals surface area contributed by atoms with Crippen molar-refractivity contribution in [3.8, 4) is 6.01 Å². The third-order valence-corrected chi connectivity index (χ3v) is 7.18. The highest BCUT2D eigenvalue weighted by Crippen LogP contribution is 2.42. The smallest absolute Gasteiger partial charge is 0.422 e. The van der Waals surface area contributed by atoms with Gasteiger partial charge < -0.3 is 24.6 Å². The number of nitrogens with zero attached hydrogens (tertiary/aromatic N) is 6. The van der Waals surface area contributed by atoms with Crippen LogP contribution in [-0.4, -0.2) is 99.1 Å². The fraction of sp³-hybridized carbons (Fsp3) is 0.667. The second-order valence-electron chi connectivity index (χ2n) is 10.4. The monoisotopic (exact) mass is 558 g/mol. The summed E-state index contributed by atoms with van der Waals surface area (Å²) in [5.74, 6) is -1.09. The van der Waals surface area contributed by atoms with Gasteiger partial charge in [0.1, 0.15) is 0 Å². The Morgan fingerprint density at radius 1 is 1.23 bits per heavy atom. The maximum absolute atomic E-state index is 14.4. The van der Waals surface area contributed by atoms with Crippen molar-refractivity contribution in [3.63, 3.8) is 0 Å². The summed E-state index contributed by atoms with van der Waals surface area (Å²) in [5.41, 5.74) is 0.548. The van der Waals surface area contributed by atoms with E-state index in [0.717, 1.165) is 19.5 Å². The number of alkyl halides is 3. The predicted octanol–water partition coefficient (Wildman–Crippen LogP) is 3.63. The molecule has 2 aromatic rings. The number of halogens is 4. The van der Waals surface area contributed by atoms with E-state index in [1.165, 1.54) is 0 Å². The molecule has 0 radical (unpaired) electrons. The number of anilines is 2. The third-order valence-electron chi connectivity index (χ3n) is 7.18. The molecular formula is C24H34F4N8O3. The number of ether oxygens (including phenoxy) is 2. The Bertz CT molecular complexity index is 1170. The molecule has 2 N–H and O–H groups in total. The minimum atomic E-state index is -4.60. The van der Waals surface area contributed by atoms with E-state index in [4.69, 9.17) is 4.74 Å². The Hall–Kier alpha value is -3.20. The molecule has 0 spiro atoms. The predicted molar refractivity (Wildman–Crippen MR) is 133 cm³/mol. The molecule has 39 heavy (non-hydrogen) atoms. The third kappa shape index (κ3) is 6.19. The summed E-state index contributed by atoms with van der Waals surface area (Å²) in [6.07, 6.45) is -2.96. The molecule has 216 valence electrons. The van der Waals surface area contributed by atoms with Crippen LogP contribution in [-0.2, 0) is 16.8 Å². The molecule has 0 unspecified atom stereocenters. The zero-order chi connectivity index (χ0) is 28.5. The van der Waals surface area contributed by atoms with Gasteiger partial charge in [-0.15, -0.1) is 0 Å². The van der Waals surface area contributed by atoms with E-state index in [9.17, 15) is 22.4 Å². The van der Waals surface area contributed by atoms with Crippen LogP contribution in [0.4, 0.5) is 34.0 Å². The van der Waals surface area contributed by atoms with Gasteiger partial charge in [0.05, 0.1) is 24.0 Å². The average Bonchev–Trinajstić information content (AvgIpc) is 3.38. The summed E-state index contributed by atoms with van der Waals surface area (Å²) in [7, 11) is 1.68. The Morgan fingerprint density at radius 3 is 2.67 bits per heavy atom. The second-order valence-corrected chi connectivity index (χ2v) is 10.4. The highest BCUT2D eigenvalue weighted by Gasteiger charge is 2.46. The lowest BCUT2D eigenvalue weighted by Crippen LogP contribution is -2.61. The molecule has 4 rings (SSSR count). The van der Waals surface area contributed by atoms with Crippen molar-refractivity contribution in [2.24, 2.45) is 0 Å². The van der Waals surface area contributed by atoms with Crippen LogP contribution in [0.1, 0.15) is 45.4 Å². The minimum absolute atomic E-state index is 0.00746. The van der Waals surface area contributed by atoms with Crippen LogP contribution >= 0.6 is 0 Å². The Labute approximate surface area is 223 Å². The van der Waals surface area contributed by atoms with Crippen LogP contribution in [0, 0.1) is 5.82 Å². The summed E-state index contributed by atoms with van der Waals surface area (Å²) in [6, 6.07) is -0.585. The average molecular weight is 559 g/mol. The van der Waals surface area contributed by atoms with Gasteiger partial charge in [0.15, 0.2) is 24.1 Å². The van der Waals surface area contributed by atoms with Crippen molar-refractivity contribution in [2.75, 3.05) is 45.3 Å². The first-order chi connectivity index (χ1) is 18.3. The summed E-state index contributed by atoms with van der Waals surface area (Å²) in [5, 5.41) is 9.85. The van der Waals surface area contributed by atoms with E-state index >= 15 is 0 Å². The number of fused-ring (bicyclic) bond motifs is 1. The first-order valence-corrected chi connectivity index (χ1v) is 12.7. The molecule has 2 aliphatic heterocycles. The molecule has 4 heterocycles. The van der Waals surface area contributed by atoms with Crippen LogP contribution in [0.2, 0.25) is 0 Å². The molecule has 1 fully saturated rings. The second kappa shape index (κ2) is 11.1. The van der Waals surface area contributed by atoms with E-state index in [1.54, 1.807) is 12.0 Å². The number of hydrogen-bond acceptors (Lipinski definition) is 8. The molecule has 2 aliphatic rings. The Kier molecular flexibility index (Phi) is 8.21. The van der Waals surface area contributed by atoms with E-state index in [0.29, 0.717) is 30.6 Å². The quantitative estimate of drug-likeness (QED) is 0.373. The Balaban J connectivity index is 1.48. The molecule has 15 heteroatoms. The SMILES string of the molecule is COCCCN1C[C@H](C)N(C(=O)N2Cc3c(Nc4nc(OCC(F)(F)F)ncc4F)n[nH]c3C2(C)C)C[C@H]1C. The van der Waals surface area contributed by atoms with Gasteiger partial charge in [0.25, 0.3) is 0 Å². The maximum Gasteiger partial charge on any atom is 0.422 e. The fourth-order valence-corrected chi connectivity index (χ4v) is 5.04. The molecule has 2 atom stereocenters. The van der Waals surface area contributed by atoms with Crippen molar-refractivity contribution in [1.29, 1.82) is 0 Å². The van der Waals surface area contributed by atoms with Gasteiger partial charge in [0, 0.05) is 51.0 Å². The Morgan fingerprint density at radius 2 is 1.97 bits per heavy atom. The number of aromatic nitrogens is 4. The highest BCUT2D eigenvalue weighted by molar-refractivity contribution is 5.78. The number of piperazine rings is 1. The van der Waals surface area contributed by atoms with Gasteiger partial charge in [-0.3, -0.25) is 10.00 Å². The van der Waals surface area contributed by atoms with Gasteiger partial charge in [-0.05, 0) is 34.1 Å². The number of H-pyrrole nitrogens is 1. The van der Waals surface area contributed by atoms with Crippen molar-refractivity contribution in [1.82, 2.24) is 34.9 Å². The number of urea groups is 1. The van der Waals surface area contributed by atoms with E-state index in [2.05, 4.69) is 42.0 Å². The lowest BCUT2D eigenvalue weighted by atomic mass is 10.0. The van der Waals surface area contributed by atoms with Gasteiger partial charge >= 0.3 is 18.2 Å². The lowest BCUT2D eigenvalue weighted by molar-refractivity contribution is -0.154. The summed E-state index contributed by atoms with van der Waals surface area (Å²) in [4.78, 5) is 26.9. The van der Waals surface area contributed by atoms with Crippen LogP contribution in [0.3, 0.4) is 0 Å². The minimum Gasteiger partial charge on any atom is -0.454 e.